The minimum absolute atomic E-state index is 0.0411. The lowest BCUT2D eigenvalue weighted by atomic mass is 9.97. The Morgan fingerprint density at radius 1 is 1.10 bits per heavy atom. The van der Waals surface area contributed by atoms with Crippen LogP contribution in [-0.2, 0) is 12.8 Å². The number of amides is 1. The Morgan fingerprint density at radius 2 is 1.86 bits per heavy atom. The summed E-state index contributed by atoms with van der Waals surface area (Å²) in [6.07, 6.45) is 1.58. The molecule has 2 aromatic carbocycles. The molecule has 148 valence electrons. The number of aromatic nitrogens is 4. The van der Waals surface area contributed by atoms with Gasteiger partial charge >= 0.3 is 0 Å². The second-order valence-electron chi connectivity index (χ2n) is 7.49. The van der Waals surface area contributed by atoms with E-state index in [2.05, 4.69) is 70.9 Å². The fourth-order valence-corrected chi connectivity index (χ4v) is 4.87. The molecule has 0 aliphatic heterocycles. The first-order valence-corrected chi connectivity index (χ1v) is 10.3. The molecule has 1 N–H and O–H groups in total. The first-order valence-electron chi connectivity index (χ1n) is 9.51. The van der Waals surface area contributed by atoms with E-state index >= 15 is 0 Å². The zero-order valence-electron chi connectivity index (χ0n) is 17.0. The summed E-state index contributed by atoms with van der Waals surface area (Å²) >= 11 is 1.59. The third-order valence-corrected chi connectivity index (χ3v) is 6.32. The van der Waals surface area contributed by atoms with Gasteiger partial charge in [-0.2, -0.15) is 5.21 Å². The number of nitrogens with one attached hydrogen (secondary N) is 1. The molecule has 0 radical (unpaired) electrons. The van der Waals surface area contributed by atoms with Crippen molar-refractivity contribution in [3.8, 4) is 11.1 Å². The number of aromatic amines is 1. The molecule has 0 aliphatic rings. The Balaban J connectivity index is 1.75. The third-order valence-electron chi connectivity index (χ3n) is 4.99. The van der Waals surface area contributed by atoms with Crippen LogP contribution in [0.5, 0.6) is 0 Å². The molecule has 0 atom stereocenters. The molecule has 29 heavy (non-hydrogen) atoms. The maximum atomic E-state index is 12.9. The van der Waals surface area contributed by atoms with Gasteiger partial charge in [-0.25, -0.2) is 0 Å². The highest BCUT2D eigenvalue weighted by Crippen LogP contribution is 2.41. The van der Waals surface area contributed by atoms with E-state index in [9.17, 15) is 4.79 Å². The zero-order chi connectivity index (χ0) is 20.5. The number of hydrogen-bond acceptors (Lipinski definition) is 5. The number of carbonyl (C=O) groups excluding carboxylic acids is 1. The van der Waals surface area contributed by atoms with E-state index in [-0.39, 0.29) is 5.91 Å². The average Bonchev–Trinajstić information content (AvgIpc) is 3.34. The lowest BCUT2D eigenvalue weighted by Gasteiger charge is -2.11. The maximum Gasteiger partial charge on any atom is 0.264 e. The molecule has 2 heterocycles. The van der Waals surface area contributed by atoms with E-state index in [0.717, 1.165) is 34.2 Å². The number of rotatable bonds is 5. The van der Waals surface area contributed by atoms with Crippen LogP contribution in [0.2, 0.25) is 0 Å². The van der Waals surface area contributed by atoms with Gasteiger partial charge < -0.3 is 4.90 Å². The molecule has 0 spiro atoms. The summed E-state index contributed by atoms with van der Waals surface area (Å²) in [7, 11) is 3.60. The molecule has 4 rings (SSSR count). The topological polar surface area (TPSA) is 74.8 Å². The van der Waals surface area contributed by atoms with Gasteiger partial charge in [0.2, 0.25) is 0 Å². The summed E-state index contributed by atoms with van der Waals surface area (Å²) in [5, 5.41) is 15.2. The summed E-state index contributed by atoms with van der Waals surface area (Å²) in [4.78, 5) is 15.4. The number of fused-ring (bicyclic) bond motifs is 1. The Kier molecular flexibility index (Phi) is 5.15. The van der Waals surface area contributed by atoms with Gasteiger partial charge in [0.15, 0.2) is 5.82 Å². The minimum Gasteiger partial charge on any atom is -0.344 e. The SMILES string of the molecule is Cc1cc(C)c2sc(C(=O)N(C)C)c(-c3ccc(CCc4nn[nH]n4)cc3)c2c1. The summed E-state index contributed by atoms with van der Waals surface area (Å²) < 4.78 is 1.18. The largest absolute Gasteiger partial charge is 0.344 e. The highest BCUT2D eigenvalue weighted by atomic mass is 32.1. The zero-order valence-corrected chi connectivity index (χ0v) is 17.8. The minimum atomic E-state index is 0.0411. The van der Waals surface area contributed by atoms with Crippen molar-refractivity contribution in [2.45, 2.75) is 26.7 Å². The van der Waals surface area contributed by atoms with Crippen molar-refractivity contribution < 1.29 is 4.79 Å². The van der Waals surface area contributed by atoms with Gasteiger partial charge in [0.1, 0.15) is 4.88 Å². The van der Waals surface area contributed by atoms with E-state index in [0.29, 0.717) is 5.82 Å². The van der Waals surface area contributed by atoms with E-state index in [1.807, 2.05) is 0 Å². The van der Waals surface area contributed by atoms with E-state index in [4.69, 9.17) is 0 Å². The molecule has 0 saturated heterocycles. The van der Waals surface area contributed by atoms with Crippen molar-refractivity contribution in [3.63, 3.8) is 0 Å². The summed E-state index contributed by atoms with van der Waals surface area (Å²) in [6.45, 7) is 4.21. The fraction of sp³-hybridized carbons (Fsp3) is 0.273. The molecular weight excluding hydrogens is 382 g/mol. The lowest BCUT2D eigenvalue weighted by Crippen LogP contribution is -2.21. The first-order chi connectivity index (χ1) is 13.9. The number of H-pyrrole nitrogens is 1. The quantitative estimate of drug-likeness (QED) is 0.540. The maximum absolute atomic E-state index is 12.9. The van der Waals surface area contributed by atoms with Gasteiger partial charge in [-0.3, -0.25) is 4.79 Å². The molecule has 0 fully saturated rings. The van der Waals surface area contributed by atoms with Crippen LogP contribution in [0.25, 0.3) is 21.2 Å². The van der Waals surface area contributed by atoms with Crippen LogP contribution in [-0.4, -0.2) is 45.5 Å². The Morgan fingerprint density at radius 3 is 2.52 bits per heavy atom. The number of aryl methyl sites for hydroxylation is 4. The van der Waals surface area contributed by atoms with Crippen molar-refractivity contribution in [3.05, 3.63) is 63.8 Å². The number of carbonyl (C=O) groups is 1. The molecule has 6 nitrogen and oxygen atoms in total. The number of benzene rings is 2. The smallest absolute Gasteiger partial charge is 0.264 e. The van der Waals surface area contributed by atoms with Gasteiger partial charge in [0.25, 0.3) is 5.91 Å². The molecule has 4 aromatic rings. The normalized spacial score (nSPS) is 11.2. The van der Waals surface area contributed by atoms with Crippen molar-refractivity contribution >= 4 is 27.3 Å². The first kappa shape index (κ1) is 19.3. The van der Waals surface area contributed by atoms with E-state index in [1.54, 1.807) is 30.3 Å². The monoisotopic (exact) mass is 405 g/mol. The Hall–Kier alpha value is -3.06. The van der Waals surface area contributed by atoms with Crippen molar-refractivity contribution in [2.75, 3.05) is 14.1 Å². The second-order valence-corrected chi connectivity index (χ2v) is 8.51. The molecule has 2 aromatic heterocycles. The summed E-state index contributed by atoms with van der Waals surface area (Å²) in [5.74, 6) is 0.752. The molecular formula is C22H23N5OS. The van der Waals surface area contributed by atoms with Gasteiger partial charge in [-0.05, 0) is 43.0 Å². The molecule has 1 amide bonds. The second kappa shape index (κ2) is 7.75. The fourth-order valence-electron chi connectivity index (χ4n) is 3.57. The predicted molar refractivity (Wildman–Crippen MR) is 116 cm³/mol. The highest BCUT2D eigenvalue weighted by molar-refractivity contribution is 7.21. The third kappa shape index (κ3) is 3.78. The molecule has 0 aliphatic carbocycles. The molecule has 0 unspecified atom stereocenters. The summed E-state index contributed by atoms with van der Waals surface area (Å²) in [5.41, 5.74) is 5.70. The van der Waals surface area contributed by atoms with Crippen molar-refractivity contribution in [2.24, 2.45) is 0 Å². The predicted octanol–water partition coefficient (Wildman–Crippen LogP) is 4.19. The lowest BCUT2D eigenvalue weighted by molar-refractivity contribution is 0.0833. The Bertz CT molecular complexity index is 1160. The van der Waals surface area contributed by atoms with E-state index in [1.165, 1.54) is 21.4 Å². The highest BCUT2D eigenvalue weighted by Gasteiger charge is 2.22. The van der Waals surface area contributed by atoms with Crippen LogP contribution in [0.4, 0.5) is 0 Å². The number of nitrogens with zero attached hydrogens (tertiary/aromatic N) is 4. The van der Waals surface area contributed by atoms with Crippen molar-refractivity contribution in [1.29, 1.82) is 0 Å². The van der Waals surface area contributed by atoms with Gasteiger partial charge in [-0.15, -0.1) is 21.5 Å². The number of tetrazole rings is 1. The molecule has 0 saturated carbocycles. The Labute approximate surface area is 173 Å². The summed E-state index contributed by atoms with van der Waals surface area (Å²) in [6, 6.07) is 12.8. The number of hydrogen-bond donors (Lipinski definition) is 1. The number of thiophene rings is 1. The van der Waals surface area contributed by atoms with Crippen LogP contribution in [0.15, 0.2) is 36.4 Å². The standard InChI is InChI=1S/C22H23N5OS/c1-13-11-14(2)20-17(12-13)19(21(29-20)22(28)27(3)4)16-8-5-15(6-9-16)7-10-18-23-25-26-24-18/h5-6,8-9,11-12H,7,10H2,1-4H3,(H,23,24,25,26). The molecule has 7 heteroatoms. The van der Waals surface area contributed by atoms with Crippen LogP contribution < -0.4 is 0 Å². The van der Waals surface area contributed by atoms with Crippen LogP contribution >= 0.6 is 11.3 Å². The van der Waals surface area contributed by atoms with Crippen LogP contribution in [0.1, 0.15) is 32.2 Å². The van der Waals surface area contributed by atoms with Gasteiger partial charge in [0, 0.05) is 36.2 Å². The average molecular weight is 406 g/mol. The van der Waals surface area contributed by atoms with Gasteiger partial charge in [-0.1, -0.05) is 41.1 Å². The molecule has 0 bridgehead atoms. The van der Waals surface area contributed by atoms with Crippen LogP contribution in [0, 0.1) is 13.8 Å². The van der Waals surface area contributed by atoms with Gasteiger partial charge in [0.05, 0.1) is 0 Å². The van der Waals surface area contributed by atoms with E-state index < -0.39 is 0 Å². The van der Waals surface area contributed by atoms with Crippen molar-refractivity contribution in [1.82, 2.24) is 25.5 Å². The van der Waals surface area contributed by atoms with Crippen LogP contribution in [0.3, 0.4) is 0 Å².